The maximum Gasteiger partial charge on any atom is 0.237 e. The zero-order valence-electron chi connectivity index (χ0n) is 11.0. The highest BCUT2D eigenvalue weighted by molar-refractivity contribution is 8.00. The van der Waals surface area contributed by atoms with Gasteiger partial charge < -0.3 is 11.1 Å². The van der Waals surface area contributed by atoms with Gasteiger partial charge in [0, 0.05) is 21.3 Å². The van der Waals surface area contributed by atoms with Gasteiger partial charge in [0.2, 0.25) is 5.91 Å². The van der Waals surface area contributed by atoms with Gasteiger partial charge in [-0.2, -0.15) is 0 Å². The Balaban J connectivity index is 1.98. The van der Waals surface area contributed by atoms with Crippen LogP contribution in [0.2, 0.25) is 5.02 Å². The van der Waals surface area contributed by atoms with Gasteiger partial charge in [0.1, 0.15) is 0 Å². The first-order valence-electron chi connectivity index (χ1n) is 6.13. The van der Waals surface area contributed by atoms with E-state index in [4.69, 9.17) is 17.3 Å². The Morgan fingerprint density at radius 1 is 1.25 bits per heavy atom. The lowest BCUT2D eigenvalue weighted by atomic mass is 10.3. The largest absolute Gasteiger partial charge is 0.399 e. The average Bonchev–Trinajstić information content (AvgIpc) is 2.38. The molecule has 104 valence electrons. The van der Waals surface area contributed by atoms with E-state index in [1.807, 2.05) is 37.3 Å². The smallest absolute Gasteiger partial charge is 0.237 e. The van der Waals surface area contributed by atoms with Crippen molar-refractivity contribution in [3.05, 3.63) is 53.6 Å². The van der Waals surface area contributed by atoms with Crippen molar-refractivity contribution in [3.63, 3.8) is 0 Å². The summed E-state index contributed by atoms with van der Waals surface area (Å²) in [5, 5.41) is 3.28. The van der Waals surface area contributed by atoms with Crippen LogP contribution in [-0.2, 0) is 4.79 Å². The summed E-state index contributed by atoms with van der Waals surface area (Å²) >= 11 is 7.39. The third kappa shape index (κ3) is 4.18. The summed E-state index contributed by atoms with van der Waals surface area (Å²) in [5.74, 6) is -0.0689. The lowest BCUT2D eigenvalue weighted by molar-refractivity contribution is -0.115. The van der Waals surface area contributed by atoms with Crippen LogP contribution >= 0.6 is 23.4 Å². The number of hydrogen-bond donors (Lipinski definition) is 2. The van der Waals surface area contributed by atoms with E-state index in [0.29, 0.717) is 16.4 Å². The molecule has 0 aliphatic rings. The number of amides is 1. The Hall–Kier alpha value is -1.65. The number of nitrogens with two attached hydrogens (primary N) is 1. The van der Waals surface area contributed by atoms with E-state index >= 15 is 0 Å². The van der Waals surface area contributed by atoms with Crippen LogP contribution in [0.25, 0.3) is 0 Å². The van der Waals surface area contributed by atoms with Crippen molar-refractivity contribution in [2.75, 3.05) is 11.1 Å². The van der Waals surface area contributed by atoms with Gasteiger partial charge in [-0.05, 0) is 43.3 Å². The van der Waals surface area contributed by atoms with Crippen LogP contribution in [0.1, 0.15) is 6.92 Å². The minimum absolute atomic E-state index is 0.0689. The van der Waals surface area contributed by atoms with Crippen molar-refractivity contribution >= 4 is 40.6 Å². The number of benzene rings is 2. The Morgan fingerprint density at radius 3 is 2.70 bits per heavy atom. The number of nitrogen functional groups attached to an aromatic ring is 1. The Morgan fingerprint density at radius 2 is 2.00 bits per heavy atom. The second-order valence-corrected chi connectivity index (χ2v) is 6.18. The van der Waals surface area contributed by atoms with Crippen LogP contribution in [0.15, 0.2) is 53.4 Å². The van der Waals surface area contributed by atoms with Crippen molar-refractivity contribution < 1.29 is 4.79 Å². The van der Waals surface area contributed by atoms with Crippen LogP contribution in [0.5, 0.6) is 0 Å². The van der Waals surface area contributed by atoms with Gasteiger partial charge in [0.05, 0.1) is 5.25 Å². The molecule has 0 aliphatic heterocycles. The average molecular weight is 307 g/mol. The van der Waals surface area contributed by atoms with Crippen LogP contribution in [0, 0.1) is 0 Å². The topological polar surface area (TPSA) is 55.1 Å². The summed E-state index contributed by atoms with van der Waals surface area (Å²) in [7, 11) is 0. The molecule has 0 saturated carbocycles. The summed E-state index contributed by atoms with van der Waals surface area (Å²) < 4.78 is 0. The first-order valence-corrected chi connectivity index (χ1v) is 7.39. The fourth-order valence-corrected chi connectivity index (χ4v) is 2.84. The summed E-state index contributed by atoms with van der Waals surface area (Å²) in [5.41, 5.74) is 7.00. The number of thioether (sulfide) groups is 1. The van der Waals surface area contributed by atoms with E-state index in [2.05, 4.69) is 5.32 Å². The maximum absolute atomic E-state index is 12.1. The first-order chi connectivity index (χ1) is 9.54. The number of anilines is 2. The number of rotatable bonds is 4. The lowest BCUT2D eigenvalue weighted by Crippen LogP contribution is -2.22. The maximum atomic E-state index is 12.1. The number of nitrogens with one attached hydrogen (secondary N) is 1. The molecule has 0 aliphatic carbocycles. The zero-order valence-corrected chi connectivity index (χ0v) is 12.5. The fourth-order valence-electron chi connectivity index (χ4n) is 1.66. The van der Waals surface area contributed by atoms with E-state index in [1.54, 1.807) is 18.2 Å². The van der Waals surface area contributed by atoms with Gasteiger partial charge in [-0.1, -0.05) is 23.7 Å². The molecule has 5 heteroatoms. The van der Waals surface area contributed by atoms with E-state index in [-0.39, 0.29) is 11.2 Å². The van der Waals surface area contributed by atoms with E-state index in [9.17, 15) is 4.79 Å². The molecule has 0 aromatic heterocycles. The number of carbonyl (C=O) groups is 1. The quantitative estimate of drug-likeness (QED) is 0.662. The lowest BCUT2D eigenvalue weighted by Gasteiger charge is -2.12. The number of halogens is 1. The Bertz CT molecular complexity index is 618. The molecule has 0 radical (unpaired) electrons. The minimum Gasteiger partial charge on any atom is -0.399 e. The number of hydrogen-bond acceptors (Lipinski definition) is 3. The molecule has 0 bridgehead atoms. The molecule has 0 heterocycles. The van der Waals surface area contributed by atoms with Crippen molar-refractivity contribution in [3.8, 4) is 0 Å². The first kappa shape index (κ1) is 14.8. The van der Waals surface area contributed by atoms with E-state index < -0.39 is 0 Å². The molecule has 2 rings (SSSR count). The summed E-state index contributed by atoms with van der Waals surface area (Å²) in [6.45, 7) is 1.85. The molecule has 0 saturated heterocycles. The van der Waals surface area contributed by atoms with E-state index in [0.717, 1.165) is 4.90 Å². The van der Waals surface area contributed by atoms with Gasteiger partial charge in [-0.15, -0.1) is 11.8 Å². The fraction of sp³-hybridized carbons (Fsp3) is 0.133. The van der Waals surface area contributed by atoms with Gasteiger partial charge in [-0.3, -0.25) is 4.79 Å². The highest BCUT2D eigenvalue weighted by Gasteiger charge is 2.14. The van der Waals surface area contributed by atoms with Gasteiger partial charge in [0.25, 0.3) is 0 Å². The molecular formula is C15H15ClN2OS. The highest BCUT2D eigenvalue weighted by Crippen LogP contribution is 2.26. The second kappa shape index (κ2) is 6.68. The third-order valence-corrected chi connectivity index (χ3v) is 3.96. The summed E-state index contributed by atoms with van der Waals surface area (Å²) in [6, 6.07) is 14.6. The Labute approximate surface area is 127 Å². The molecule has 3 N–H and O–H groups in total. The molecule has 0 fully saturated rings. The molecule has 1 atom stereocenters. The second-order valence-electron chi connectivity index (χ2n) is 4.33. The van der Waals surface area contributed by atoms with Crippen LogP contribution in [-0.4, -0.2) is 11.2 Å². The van der Waals surface area contributed by atoms with Crippen molar-refractivity contribution in [1.29, 1.82) is 0 Å². The van der Waals surface area contributed by atoms with Crippen LogP contribution < -0.4 is 11.1 Å². The van der Waals surface area contributed by atoms with Gasteiger partial charge in [0.15, 0.2) is 0 Å². The van der Waals surface area contributed by atoms with Crippen molar-refractivity contribution in [2.45, 2.75) is 17.1 Å². The van der Waals surface area contributed by atoms with Crippen molar-refractivity contribution in [2.24, 2.45) is 0 Å². The van der Waals surface area contributed by atoms with Crippen molar-refractivity contribution in [1.82, 2.24) is 0 Å². The summed E-state index contributed by atoms with van der Waals surface area (Å²) in [4.78, 5) is 13.1. The minimum atomic E-state index is -0.227. The molecular weight excluding hydrogens is 292 g/mol. The predicted octanol–water partition coefficient (Wildman–Crippen LogP) is 4.04. The molecule has 1 unspecified atom stereocenters. The van der Waals surface area contributed by atoms with Gasteiger partial charge in [-0.25, -0.2) is 0 Å². The number of carbonyl (C=O) groups excluding carboxylic acids is 1. The van der Waals surface area contributed by atoms with Gasteiger partial charge >= 0.3 is 0 Å². The molecule has 1 amide bonds. The van der Waals surface area contributed by atoms with E-state index in [1.165, 1.54) is 11.8 Å². The zero-order chi connectivity index (χ0) is 14.5. The molecule has 2 aromatic carbocycles. The summed E-state index contributed by atoms with van der Waals surface area (Å²) in [6.07, 6.45) is 0. The molecule has 2 aromatic rings. The highest BCUT2D eigenvalue weighted by atomic mass is 35.5. The third-order valence-electron chi connectivity index (χ3n) is 2.63. The molecule has 3 nitrogen and oxygen atoms in total. The predicted molar refractivity (Wildman–Crippen MR) is 86.3 cm³/mol. The normalized spacial score (nSPS) is 11.9. The standard InChI is InChI=1S/C15H15ClN2OS/c1-10(20-14-7-2-4-11(16)8-14)15(19)18-13-6-3-5-12(17)9-13/h2-10H,17H2,1H3,(H,18,19). The monoisotopic (exact) mass is 306 g/mol. The molecule has 0 spiro atoms. The molecule has 20 heavy (non-hydrogen) atoms. The van der Waals surface area contributed by atoms with Crippen LogP contribution in [0.3, 0.4) is 0 Å². The Kier molecular flexibility index (Phi) is 4.93. The SMILES string of the molecule is CC(Sc1cccc(Cl)c1)C(=O)Nc1cccc(N)c1. The van der Waals surface area contributed by atoms with Crippen LogP contribution in [0.4, 0.5) is 11.4 Å².